The monoisotopic (exact) mass is 251 g/mol. The van der Waals surface area contributed by atoms with Crippen LogP contribution >= 0.6 is 11.6 Å². The van der Waals surface area contributed by atoms with Gasteiger partial charge in [0.25, 0.3) is 0 Å². The van der Waals surface area contributed by atoms with Crippen molar-refractivity contribution in [1.82, 2.24) is 9.78 Å². The van der Waals surface area contributed by atoms with Gasteiger partial charge >= 0.3 is 0 Å². The predicted molar refractivity (Wildman–Crippen MR) is 68.3 cm³/mol. The average Bonchev–Trinajstić information content (AvgIpc) is 2.79. The van der Waals surface area contributed by atoms with Gasteiger partial charge in [-0.05, 0) is 13.0 Å². The van der Waals surface area contributed by atoms with Gasteiger partial charge in [-0.2, -0.15) is 5.10 Å². The molecule has 0 aliphatic carbocycles. The Morgan fingerprint density at radius 3 is 3.00 bits per heavy atom. The van der Waals surface area contributed by atoms with Crippen molar-refractivity contribution in [2.24, 2.45) is 0 Å². The van der Waals surface area contributed by atoms with E-state index in [0.29, 0.717) is 11.6 Å². The molecule has 0 fully saturated rings. The van der Waals surface area contributed by atoms with Gasteiger partial charge in [0.05, 0.1) is 16.9 Å². The quantitative estimate of drug-likeness (QED) is 0.879. The molecular formula is C12H14ClN3O. The van der Waals surface area contributed by atoms with Crippen LogP contribution in [0.4, 0.5) is 5.69 Å². The molecule has 2 rings (SSSR count). The molecule has 1 heterocycles. The minimum absolute atomic E-state index is 0.129. The molecule has 0 saturated carbocycles. The first-order valence-electron chi connectivity index (χ1n) is 5.43. The number of nitrogens with zero attached hydrogens (tertiary/aromatic N) is 2. The number of phenols is 1. The molecular weight excluding hydrogens is 238 g/mol. The van der Waals surface area contributed by atoms with Crippen molar-refractivity contribution >= 4 is 17.3 Å². The zero-order valence-corrected chi connectivity index (χ0v) is 10.3. The molecule has 0 aliphatic rings. The van der Waals surface area contributed by atoms with Crippen molar-refractivity contribution in [2.75, 3.05) is 5.32 Å². The van der Waals surface area contributed by atoms with Crippen LogP contribution in [0.25, 0.3) is 0 Å². The number of anilines is 1. The molecule has 0 unspecified atom stereocenters. The van der Waals surface area contributed by atoms with Crippen molar-refractivity contribution in [1.29, 1.82) is 0 Å². The molecule has 0 saturated heterocycles. The van der Waals surface area contributed by atoms with E-state index < -0.39 is 0 Å². The molecule has 0 aliphatic heterocycles. The van der Waals surface area contributed by atoms with E-state index in [2.05, 4.69) is 10.4 Å². The number of aromatic nitrogens is 2. The lowest BCUT2D eigenvalue weighted by molar-refractivity contribution is 0.469. The Balaban J connectivity index is 2.04. The molecule has 2 N–H and O–H groups in total. The van der Waals surface area contributed by atoms with Crippen LogP contribution in [-0.4, -0.2) is 14.9 Å². The third kappa shape index (κ3) is 2.71. The number of halogens is 1. The molecule has 0 bridgehead atoms. The van der Waals surface area contributed by atoms with Crippen LogP contribution in [0.1, 0.15) is 12.5 Å². The first-order chi connectivity index (χ1) is 8.20. The number of rotatable bonds is 4. The summed E-state index contributed by atoms with van der Waals surface area (Å²) in [7, 11) is 0. The Bertz CT molecular complexity index is 510. The van der Waals surface area contributed by atoms with E-state index >= 15 is 0 Å². The third-order valence-corrected chi connectivity index (χ3v) is 2.82. The first kappa shape index (κ1) is 11.8. The van der Waals surface area contributed by atoms with Crippen molar-refractivity contribution in [3.8, 4) is 5.75 Å². The number of para-hydroxylation sites is 1. The summed E-state index contributed by atoms with van der Waals surface area (Å²) in [5.74, 6) is 0.129. The molecule has 2 aromatic rings. The van der Waals surface area contributed by atoms with E-state index in [1.54, 1.807) is 12.3 Å². The maximum atomic E-state index is 9.73. The van der Waals surface area contributed by atoms with Gasteiger partial charge in [-0.3, -0.25) is 4.68 Å². The molecule has 1 aromatic carbocycles. The zero-order valence-electron chi connectivity index (χ0n) is 9.52. The minimum Gasteiger partial charge on any atom is -0.506 e. The molecule has 1 aromatic heterocycles. The van der Waals surface area contributed by atoms with Crippen LogP contribution in [0.2, 0.25) is 5.02 Å². The molecule has 0 radical (unpaired) electrons. The highest BCUT2D eigenvalue weighted by molar-refractivity contribution is 6.32. The lowest BCUT2D eigenvalue weighted by Gasteiger charge is -2.07. The standard InChI is InChI=1S/C12H14ClN3O/c1-2-16-8-10(7-15-16)14-6-9-4-3-5-11(13)12(9)17/h3-5,7-8,14,17H,2,6H2,1H3. The number of hydrogen-bond acceptors (Lipinski definition) is 3. The van der Waals surface area contributed by atoms with Crippen molar-refractivity contribution in [3.63, 3.8) is 0 Å². The van der Waals surface area contributed by atoms with Crippen LogP contribution in [0.5, 0.6) is 5.75 Å². The van der Waals surface area contributed by atoms with Gasteiger partial charge in [0, 0.05) is 24.8 Å². The van der Waals surface area contributed by atoms with Crippen molar-refractivity contribution < 1.29 is 5.11 Å². The zero-order chi connectivity index (χ0) is 12.3. The number of nitrogens with one attached hydrogen (secondary N) is 1. The molecule has 0 amide bonds. The first-order valence-corrected chi connectivity index (χ1v) is 5.81. The highest BCUT2D eigenvalue weighted by Gasteiger charge is 2.05. The fraction of sp³-hybridized carbons (Fsp3) is 0.250. The van der Waals surface area contributed by atoms with E-state index in [1.165, 1.54) is 0 Å². The molecule has 4 nitrogen and oxygen atoms in total. The number of aryl methyl sites for hydroxylation is 1. The van der Waals surface area contributed by atoms with Gasteiger partial charge < -0.3 is 10.4 Å². The van der Waals surface area contributed by atoms with Gasteiger partial charge in [-0.25, -0.2) is 0 Å². The number of benzene rings is 1. The second kappa shape index (κ2) is 5.10. The summed E-state index contributed by atoms with van der Waals surface area (Å²) in [5, 5.41) is 17.4. The number of aromatic hydroxyl groups is 1. The molecule has 0 spiro atoms. The summed E-state index contributed by atoms with van der Waals surface area (Å²) in [5.41, 5.74) is 1.69. The van der Waals surface area contributed by atoms with Crippen LogP contribution in [0.3, 0.4) is 0 Å². The van der Waals surface area contributed by atoms with Gasteiger partial charge in [0.2, 0.25) is 0 Å². The lowest BCUT2D eigenvalue weighted by Crippen LogP contribution is -1.99. The molecule has 5 heteroatoms. The summed E-state index contributed by atoms with van der Waals surface area (Å²) in [6, 6.07) is 5.31. The Labute approximate surface area is 105 Å². The van der Waals surface area contributed by atoms with E-state index in [4.69, 9.17) is 11.6 Å². The SMILES string of the molecule is CCn1cc(NCc2cccc(Cl)c2O)cn1. The topological polar surface area (TPSA) is 50.1 Å². The number of hydrogen-bond donors (Lipinski definition) is 2. The van der Waals surface area contributed by atoms with E-state index in [-0.39, 0.29) is 5.75 Å². The number of phenolic OH excluding ortho intramolecular Hbond substituents is 1. The fourth-order valence-electron chi connectivity index (χ4n) is 1.53. The molecule has 90 valence electrons. The van der Waals surface area contributed by atoms with Gasteiger partial charge in [0.1, 0.15) is 5.75 Å². The summed E-state index contributed by atoms with van der Waals surface area (Å²) in [4.78, 5) is 0. The predicted octanol–water partition coefficient (Wildman–Crippen LogP) is 2.87. The summed E-state index contributed by atoms with van der Waals surface area (Å²) < 4.78 is 1.83. The van der Waals surface area contributed by atoms with E-state index in [0.717, 1.165) is 17.8 Å². The Morgan fingerprint density at radius 1 is 1.47 bits per heavy atom. The normalized spacial score (nSPS) is 10.5. The summed E-state index contributed by atoms with van der Waals surface area (Å²) in [6.45, 7) is 3.38. The van der Waals surface area contributed by atoms with E-state index in [9.17, 15) is 5.11 Å². The molecule has 17 heavy (non-hydrogen) atoms. The second-order valence-electron chi connectivity index (χ2n) is 3.69. The van der Waals surface area contributed by atoms with Crippen LogP contribution in [-0.2, 0) is 13.1 Å². The van der Waals surface area contributed by atoms with Crippen molar-refractivity contribution in [3.05, 3.63) is 41.2 Å². The Hall–Kier alpha value is -1.68. The van der Waals surface area contributed by atoms with E-state index in [1.807, 2.05) is 29.9 Å². The third-order valence-electron chi connectivity index (χ3n) is 2.51. The Morgan fingerprint density at radius 2 is 2.29 bits per heavy atom. The highest BCUT2D eigenvalue weighted by Crippen LogP contribution is 2.27. The molecule has 0 atom stereocenters. The van der Waals surface area contributed by atoms with Gasteiger partial charge in [-0.1, -0.05) is 23.7 Å². The summed E-state index contributed by atoms with van der Waals surface area (Å²) >= 11 is 5.83. The second-order valence-corrected chi connectivity index (χ2v) is 4.09. The van der Waals surface area contributed by atoms with Crippen LogP contribution < -0.4 is 5.32 Å². The maximum Gasteiger partial charge on any atom is 0.139 e. The lowest BCUT2D eigenvalue weighted by atomic mass is 10.2. The summed E-state index contributed by atoms with van der Waals surface area (Å²) in [6.07, 6.45) is 3.67. The minimum atomic E-state index is 0.129. The van der Waals surface area contributed by atoms with Gasteiger partial charge in [0.15, 0.2) is 0 Å². The van der Waals surface area contributed by atoms with Gasteiger partial charge in [-0.15, -0.1) is 0 Å². The van der Waals surface area contributed by atoms with Crippen LogP contribution in [0, 0.1) is 0 Å². The van der Waals surface area contributed by atoms with Crippen LogP contribution in [0.15, 0.2) is 30.6 Å². The Kier molecular flexibility index (Phi) is 3.54. The maximum absolute atomic E-state index is 9.73. The fourth-order valence-corrected chi connectivity index (χ4v) is 1.72. The largest absolute Gasteiger partial charge is 0.506 e. The highest BCUT2D eigenvalue weighted by atomic mass is 35.5. The smallest absolute Gasteiger partial charge is 0.139 e. The van der Waals surface area contributed by atoms with Crippen molar-refractivity contribution in [2.45, 2.75) is 20.0 Å². The average molecular weight is 252 g/mol.